The van der Waals surface area contributed by atoms with E-state index in [1.807, 2.05) is 6.92 Å². The third kappa shape index (κ3) is 3.35. The van der Waals surface area contributed by atoms with Crippen LogP contribution in [0.25, 0.3) is 11.0 Å². The predicted molar refractivity (Wildman–Crippen MR) is 87.8 cm³/mol. The standard InChI is InChI=1S/C19H15FO4/c1-2-4-12-10-18(21)24-17-11-15(7-8-16(12)17)23-19(22)13-5-3-6-14(20)9-13/h3,5-11H,2,4H2,1H3. The monoisotopic (exact) mass is 326 g/mol. The summed E-state index contributed by atoms with van der Waals surface area (Å²) in [5.41, 5.74) is 0.915. The van der Waals surface area contributed by atoms with Crippen LogP contribution in [0.1, 0.15) is 29.3 Å². The molecule has 3 rings (SSSR count). The van der Waals surface area contributed by atoms with Gasteiger partial charge in [-0.2, -0.15) is 0 Å². The van der Waals surface area contributed by atoms with Crippen molar-refractivity contribution < 1.29 is 18.3 Å². The highest BCUT2D eigenvalue weighted by atomic mass is 19.1. The van der Waals surface area contributed by atoms with Gasteiger partial charge in [0.05, 0.1) is 5.56 Å². The second-order valence-electron chi connectivity index (χ2n) is 5.40. The van der Waals surface area contributed by atoms with Gasteiger partial charge in [-0.1, -0.05) is 19.4 Å². The minimum atomic E-state index is -0.680. The van der Waals surface area contributed by atoms with Crippen molar-refractivity contribution in [1.29, 1.82) is 0 Å². The summed E-state index contributed by atoms with van der Waals surface area (Å²) in [4.78, 5) is 23.7. The lowest BCUT2D eigenvalue weighted by atomic mass is 10.1. The zero-order chi connectivity index (χ0) is 17.1. The summed E-state index contributed by atoms with van der Waals surface area (Å²) < 4.78 is 23.6. The number of benzene rings is 2. The van der Waals surface area contributed by atoms with E-state index in [4.69, 9.17) is 9.15 Å². The second-order valence-corrected chi connectivity index (χ2v) is 5.40. The Morgan fingerprint density at radius 2 is 2.00 bits per heavy atom. The Labute approximate surface area is 137 Å². The first-order valence-corrected chi connectivity index (χ1v) is 7.61. The number of fused-ring (bicyclic) bond motifs is 1. The first kappa shape index (κ1) is 15.9. The van der Waals surface area contributed by atoms with Crippen LogP contribution in [0, 0.1) is 5.82 Å². The van der Waals surface area contributed by atoms with E-state index >= 15 is 0 Å². The Morgan fingerprint density at radius 3 is 2.75 bits per heavy atom. The average Bonchev–Trinajstić information content (AvgIpc) is 2.54. The zero-order valence-corrected chi connectivity index (χ0v) is 13.0. The van der Waals surface area contributed by atoms with Crippen LogP contribution in [0.4, 0.5) is 4.39 Å². The minimum Gasteiger partial charge on any atom is -0.423 e. The molecule has 0 aliphatic heterocycles. The molecule has 1 aromatic heterocycles. The molecule has 0 fully saturated rings. The lowest BCUT2D eigenvalue weighted by molar-refractivity contribution is 0.0734. The summed E-state index contributed by atoms with van der Waals surface area (Å²) in [6, 6.07) is 11.6. The molecule has 122 valence electrons. The number of rotatable bonds is 4. The zero-order valence-electron chi connectivity index (χ0n) is 13.0. The molecule has 0 saturated carbocycles. The van der Waals surface area contributed by atoms with Gasteiger partial charge < -0.3 is 9.15 Å². The van der Waals surface area contributed by atoms with Crippen LogP contribution in [0.2, 0.25) is 0 Å². The number of aryl methyl sites for hydroxylation is 1. The topological polar surface area (TPSA) is 56.5 Å². The van der Waals surface area contributed by atoms with Crippen molar-refractivity contribution in [3.8, 4) is 5.75 Å². The van der Waals surface area contributed by atoms with Gasteiger partial charge >= 0.3 is 11.6 Å². The van der Waals surface area contributed by atoms with Gasteiger partial charge in [0.2, 0.25) is 0 Å². The van der Waals surface area contributed by atoms with E-state index in [9.17, 15) is 14.0 Å². The van der Waals surface area contributed by atoms with Crippen LogP contribution in [0.5, 0.6) is 5.75 Å². The van der Waals surface area contributed by atoms with Crippen molar-refractivity contribution in [2.75, 3.05) is 0 Å². The first-order chi connectivity index (χ1) is 11.6. The van der Waals surface area contributed by atoms with Gasteiger partial charge in [0, 0.05) is 17.5 Å². The molecule has 4 nitrogen and oxygen atoms in total. The van der Waals surface area contributed by atoms with Crippen LogP contribution in [-0.4, -0.2) is 5.97 Å². The Morgan fingerprint density at radius 1 is 1.17 bits per heavy atom. The molecule has 1 heterocycles. The summed E-state index contributed by atoms with van der Waals surface area (Å²) in [5, 5.41) is 0.807. The van der Waals surface area contributed by atoms with Crippen molar-refractivity contribution >= 4 is 16.9 Å². The molecule has 0 aliphatic rings. The first-order valence-electron chi connectivity index (χ1n) is 7.61. The van der Waals surface area contributed by atoms with Crippen LogP contribution in [-0.2, 0) is 6.42 Å². The van der Waals surface area contributed by atoms with Gasteiger partial charge in [-0.15, -0.1) is 0 Å². The fourth-order valence-corrected chi connectivity index (χ4v) is 2.53. The fourth-order valence-electron chi connectivity index (χ4n) is 2.53. The number of ether oxygens (including phenoxy) is 1. The highest BCUT2D eigenvalue weighted by Crippen LogP contribution is 2.24. The van der Waals surface area contributed by atoms with Gasteiger partial charge in [0.1, 0.15) is 17.1 Å². The van der Waals surface area contributed by atoms with E-state index in [-0.39, 0.29) is 11.3 Å². The molecule has 0 unspecified atom stereocenters. The van der Waals surface area contributed by atoms with E-state index in [0.717, 1.165) is 29.9 Å². The van der Waals surface area contributed by atoms with Crippen LogP contribution in [0.15, 0.2) is 57.7 Å². The van der Waals surface area contributed by atoms with Crippen molar-refractivity contribution in [2.45, 2.75) is 19.8 Å². The molecule has 0 aliphatic carbocycles. The Kier molecular flexibility index (Phi) is 4.42. The van der Waals surface area contributed by atoms with Crippen molar-refractivity contribution in [2.24, 2.45) is 0 Å². The van der Waals surface area contributed by atoms with Crippen LogP contribution in [0.3, 0.4) is 0 Å². The molecule has 0 atom stereocenters. The number of halogens is 1. The molecule has 0 spiro atoms. The van der Waals surface area contributed by atoms with E-state index in [0.29, 0.717) is 5.58 Å². The summed E-state index contributed by atoms with van der Waals surface area (Å²) in [7, 11) is 0. The molecule has 0 radical (unpaired) electrons. The normalized spacial score (nSPS) is 10.8. The van der Waals surface area contributed by atoms with E-state index in [1.54, 1.807) is 12.1 Å². The fraction of sp³-hybridized carbons (Fsp3) is 0.158. The van der Waals surface area contributed by atoms with Gasteiger partial charge in [0.15, 0.2) is 0 Å². The molecule has 5 heteroatoms. The van der Waals surface area contributed by atoms with E-state index < -0.39 is 17.4 Å². The third-order valence-corrected chi connectivity index (χ3v) is 3.59. The van der Waals surface area contributed by atoms with Gasteiger partial charge in [-0.05, 0) is 42.3 Å². The number of hydrogen-bond acceptors (Lipinski definition) is 4. The van der Waals surface area contributed by atoms with Gasteiger partial charge in [-0.25, -0.2) is 14.0 Å². The van der Waals surface area contributed by atoms with Crippen LogP contribution < -0.4 is 10.4 Å². The lowest BCUT2D eigenvalue weighted by Crippen LogP contribution is -2.09. The molecular weight excluding hydrogens is 311 g/mol. The maximum atomic E-state index is 13.2. The number of esters is 1. The largest absolute Gasteiger partial charge is 0.423 e. The second kappa shape index (κ2) is 6.66. The molecule has 24 heavy (non-hydrogen) atoms. The maximum Gasteiger partial charge on any atom is 0.343 e. The summed E-state index contributed by atoms with van der Waals surface area (Å²) in [6.07, 6.45) is 1.65. The Balaban J connectivity index is 1.93. The lowest BCUT2D eigenvalue weighted by Gasteiger charge is -2.07. The van der Waals surface area contributed by atoms with Crippen molar-refractivity contribution in [3.05, 3.63) is 75.9 Å². The van der Waals surface area contributed by atoms with E-state index in [1.165, 1.54) is 30.3 Å². The summed E-state index contributed by atoms with van der Waals surface area (Å²) in [5.74, 6) is -0.965. The predicted octanol–water partition coefficient (Wildman–Crippen LogP) is 4.10. The molecule has 0 saturated heterocycles. The van der Waals surface area contributed by atoms with Crippen molar-refractivity contribution in [1.82, 2.24) is 0 Å². The molecule has 0 amide bonds. The highest BCUT2D eigenvalue weighted by molar-refractivity contribution is 5.91. The number of carbonyl (C=O) groups excluding carboxylic acids is 1. The summed E-state index contributed by atoms with van der Waals surface area (Å²) >= 11 is 0. The summed E-state index contributed by atoms with van der Waals surface area (Å²) in [6.45, 7) is 2.02. The molecular formula is C19H15FO4. The third-order valence-electron chi connectivity index (χ3n) is 3.59. The van der Waals surface area contributed by atoms with Crippen LogP contribution >= 0.6 is 0 Å². The Hall–Kier alpha value is -2.95. The molecule has 0 N–H and O–H groups in total. The smallest absolute Gasteiger partial charge is 0.343 e. The van der Waals surface area contributed by atoms with Crippen molar-refractivity contribution in [3.63, 3.8) is 0 Å². The van der Waals surface area contributed by atoms with Gasteiger partial charge in [-0.3, -0.25) is 0 Å². The molecule has 0 bridgehead atoms. The van der Waals surface area contributed by atoms with E-state index in [2.05, 4.69) is 0 Å². The average molecular weight is 326 g/mol. The Bertz CT molecular complexity index is 959. The minimum absolute atomic E-state index is 0.108. The number of carbonyl (C=O) groups is 1. The molecule has 3 aromatic rings. The van der Waals surface area contributed by atoms with Gasteiger partial charge in [0.25, 0.3) is 0 Å². The molecule has 2 aromatic carbocycles. The SMILES string of the molecule is CCCc1cc(=O)oc2cc(OC(=O)c3cccc(F)c3)ccc12. The maximum absolute atomic E-state index is 13.2. The number of hydrogen-bond donors (Lipinski definition) is 0. The highest BCUT2D eigenvalue weighted by Gasteiger charge is 2.12. The quantitative estimate of drug-likeness (QED) is 0.411.